The molecule has 1 heterocycles. The molecule has 0 aromatic rings. The molecule has 8 heteroatoms. The Hall–Kier alpha value is -1.80. The van der Waals surface area contributed by atoms with Gasteiger partial charge in [0.25, 0.3) is 0 Å². The molecule has 0 amide bonds. The van der Waals surface area contributed by atoms with Gasteiger partial charge in [0.05, 0.1) is 26.4 Å². The van der Waals surface area contributed by atoms with Gasteiger partial charge in [-0.05, 0) is 26.7 Å². The van der Waals surface area contributed by atoms with E-state index in [4.69, 9.17) is 14.5 Å². The number of hydrogen-bond acceptors (Lipinski definition) is 7. The highest BCUT2D eigenvalue weighted by atomic mass is 17.2. The minimum atomic E-state index is -0.679. The fourth-order valence-electron chi connectivity index (χ4n) is 4.20. The van der Waals surface area contributed by atoms with Gasteiger partial charge >= 0.3 is 5.97 Å². The Labute approximate surface area is 147 Å². The molecule has 4 unspecified atom stereocenters. The number of allylic oxidation sites excluding steroid dienone is 1. The van der Waals surface area contributed by atoms with E-state index < -0.39 is 12.0 Å². The quantitative estimate of drug-likeness (QED) is 0.314. The molecular weight excluding hydrogens is 328 g/mol. The largest absolute Gasteiger partial charge is 0.466 e. The molecule has 140 valence electrons. The monoisotopic (exact) mass is 354 g/mol. The van der Waals surface area contributed by atoms with Crippen molar-refractivity contribution in [2.24, 2.45) is 22.7 Å². The van der Waals surface area contributed by atoms with Gasteiger partial charge < -0.3 is 4.74 Å². The normalized spacial score (nSPS) is 30.0. The minimum absolute atomic E-state index is 0.186. The molecule has 2 rings (SSSR count). The lowest BCUT2D eigenvalue weighted by Gasteiger charge is -2.39. The minimum Gasteiger partial charge on any atom is -0.466 e. The number of methoxy groups -OCH3 is 1. The maximum absolute atomic E-state index is 12.4. The summed E-state index contributed by atoms with van der Waals surface area (Å²) in [5.41, 5.74) is 1.78. The number of esters is 1. The number of aliphatic imine (C=N–C) groups is 1. The maximum atomic E-state index is 12.4. The van der Waals surface area contributed by atoms with E-state index in [9.17, 15) is 14.9 Å². The predicted octanol–water partition coefficient (Wildman–Crippen LogP) is 2.55. The van der Waals surface area contributed by atoms with E-state index in [1.165, 1.54) is 14.2 Å². The zero-order chi connectivity index (χ0) is 18.6. The maximum Gasteiger partial charge on any atom is 0.335 e. The van der Waals surface area contributed by atoms with Crippen LogP contribution in [0.3, 0.4) is 0 Å². The van der Waals surface area contributed by atoms with Crippen LogP contribution in [0.2, 0.25) is 0 Å². The van der Waals surface area contributed by atoms with Crippen LogP contribution in [-0.2, 0) is 19.3 Å². The van der Waals surface area contributed by atoms with E-state index in [0.717, 1.165) is 18.6 Å². The number of nitro groups is 1. The second-order valence-corrected chi connectivity index (χ2v) is 6.63. The Balaban J connectivity index is 2.49. The van der Waals surface area contributed by atoms with Gasteiger partial charge in [0, 0.05) is 40.5 Å². The fraction of sp³-hybridized carbons (Fsp3) is 0.765. The van der Waals surface area contributed by atoms with E-state index >= 15 is 0 Å². The summed E-state index contributed by atoms with van der Waals surface area (Å²) < 4.78 is 4.96. The van der Waals surface area contributed by atoms with Crippen molar-refractivity contribution in [3.05, 3.63) is 21.4 Å². The first-order chi connectivity index (χ1) is 11.9. The van der Waals surface area contributed by atoms with Crippen LogP contribution in [-0.4, -0.2) is 43.5 Å². The molecule has 1 aliphatic heterocycles. The molecule has 8 nitrogen and oxygen atoms in total. The highest BCUT2D eigenvalue weighted by Crippen LogP contribution is 2.43. The number of nitrogens with zero attached hydrogens (tertiary/aromatic N) is 2. The molecule has 0 bridgehead atoms. The van der Waals surface area contributed by atoms with Crippen LogP contribution >= 0.6 is 0 Å². The SMILES string of the molecule is COOCC1C(C)=NC(C)=C(C(=O)OC)C1C1CCCCC1[N+](=O)[O-]. The predicted molar refractivity (Wildman–Crippen MR) is 90.5 cm³/mol. The fourth-order valence-corrected chi connectivity index (χ4v) is 4.20. The van der Waals surface area contributed by atoms with Crippen LogP contribution in [0.5, 0.6) is 0 Å². The van der Waals surface area contributed by atoms with Crippen molar-refractivity contribution in [1.82, 2.24) is 0 Å². The van der Waals surface area contributed by atoms with Gasteiger partial charge in [-0.1, -0.05) is 6.42 Å². The van der Waals surface area contributed by atoms with Crippen LogP contribution < -0.4 is 0 Å². The van der Waals surface area contributed by atoms with Gasteiger partial charge in [-0.25, -0.2) is 14.6 Å². The van der Waals surface area contributed by atoms with Crippen LogP contribution in [0.4, 0.5) is 0 Å². The van der Waals surface area contributed by atoms with E-state index in [2.05, 4.69) is 4.99 Å². The van der Waals surface area contributed by atoms with E-state index in [-0.39, 0.29) is 29.3 Å². The molecule has 4 atom stereocenters. The van der Waals surface area contributed by atoms with Gasteiger partial charge in [-0.2, -0.15) is 0 Å². The van der Waals surface area contributed by atoms with Gasteiger partial charge in [-0.15, -0.1) is 0 Å². The number of carbonyl (C=O) groups excluding carboxylic acids is 1. The van der Waals surface area contributed by atoms with Gasteiger partial charge in [0.2, 0.25) is 6.04 Å². The average Bonchev–Trinajstić information content (AvgIpc) is 2.59. The first-order valence-corrected chi connectivity index (χ1v) is 8.55. The molecule has 0 N–H and O–H groups in total. The number of hydrogen-bond donors (Lipinski definition) is 0. The lowest BCUT2D eigenvalue weighted by atomic mass is 9.66. The first kappa shape index (κ1) is 19.5. The van der Waals surface area contributed by atoms with Crippen LogP contribution in [0.15, 0.2) is 16.3 Å². The second-order valence-electron chi connectivity index (χ2n) is 6.63. The van der Waals surface area contributed by atoms with Gasteiger partial charge in [-0.3, -0.25) is 15.1 Å². The standard InChI is InChI=1S/C17H26N2O6/c1-10-13(9-25-24-4)16(15(11(2)18-10)17(20)23-3)12-7-5-6-8-14(12)19(21)22/h12-14,16H,5-9H2,1-4H3. The Morgan fingerprint density at radius 3 is 2.56 bits per heavy atom. The molecule has 1 fully saturated rings. The van der Waals surface area contributed by atoms with E-state index in [1.54, 1.807) is 6.92 Å². The van der Waals surface area contributed by atoms with Gasteiger partial charge in [0.1, 0.15) is 0 Å². The number of ether oxygens (including phenoxy) is 1. The molecule has 0 aromatic carbocycles. The summed E-state index contributed by atoms with van der Waals surface area (Å²) in [5, 5.41) is 11.6. The Bertz CT molecular complexity index is 586. The molecule has 0 aromatic heterocycles. The molecular formula is C17H26N2O6. The topological polar surface area (TPSA) is 100 Å². The highest BCUT2D eigenvalue weighted by Gasteiger charge is 2.48. The third-order valence-electron chi connectivity index (χ3n) is 5.32. The smallest absolute Gasteiger partial charge is 0.335 e. The lowest BCUT2D eigenvalue weighted by molar-refractivity contribution is -0.537. The van der Waals surface area contributed by atoms with Crippen molar-refractivity contribution >= 4 is 11.7 Å². The summed E-state index contributed by atoms with van der Waals surface area (Å²) >= 11 is 0. The van der Waals surface area contributed by atoms with Crippen LogP contribution in [0, 0.1) is 27.9 Å². The van der Waals surface area contributed by atoms with Crippen molar-refractivity contribution in [3.63, 3.8) is 0 Å². The number of rotatable bonds is 6. The molecule has 0 spiro atoms. The lowest BCUT2D eigenvalue weighted by Crippen LogP contribution is -2.46. The summed E-state index contributed by atoms with van der Waals surface area (Å²) in [6.07, 6.45) is 2.96. The number of carbonyl (C=O) groups is 1. The summed E-state index contributed by atoms with van der Waals surface area (Å²) in [4.78, 5) is 38.2. The molecule has 2 aliphatic rings. The van der Waals surface area contributed by atoms with Crippen molar-refractivity contribution in [2.75, 3.05) is 20.8 Å². The third-order valence-corrected chi connectivity index (χ3v) is 5.32. The van der Waals surface area contributed by atoms with Crippen molar-refractivity contribution < 1.29 is 24.2 Å². The van der Waals surface area contributed by atoms with Crippen molar-refractivity contribution in [1.29, 1.82) is 0 Å². The van der Waals surface area contributed by atoms with E-state index in [0.29, 0.717) is 24.1 Å². The summed E-state index contributed by atoms with van der Waals surface area (Å²) in [6.45, 7) is 3.80. The van der Waals surface area contributed by atoms with Crippen LogP contribution in [0.25, 0.3) is 0 Å². The van der Waals surface area contributed by atoms with E-state index in [1.807, 2.05) is 6.92 Å². The summed E-state index contributed by atoms with van der Waals surface area (Å²) in [6, 6.07) is -0.679. The first-order valence-electron chi connectivity index (χ1n) is 8.55. The molecule has 0 saturated heterocycles. The van der Waals surface area contributed by atoms with Gasteiger partial charge in [0.15, 0.2) is 0 Å². The molecule has 1 saturated carbocycles. The Morgan fingerprint density at radius 2 is 1.96 bits per heavy atom. The van der Waals surface area contributed by atoms with Crippen LogP contribution in [0.1, 0.15) is 39.5 Å². The Kier molecular flexibility index (Phi) is 6.66. The summed E-state index contributed by atoms with van der Waals surface area (Å²) in [7, 11) is 2.73. The van der Waals surface area contributed by atoms with Crippen molar-refractivity contribution in [2.45, 2.75) is 45.6 Å². The zero-order valence-corrected chi connectivity index (χ0v) is 15.2. The highest BCUT2D eigenvalue weighted by molar-refractivity contribution is 5.96. The third kappa shape index (κ3) is 4.07. The Morgan fingerprint density at radius 1 is 1.28 bits per heavy atom. The molecule has 25 heavy (non-hydrogen) atoms. The summed E-state index contributed by atoms with van der Waals surface area (Å²) in [5.74, 6) is -1.36. The zero-order valence-electron chi connectivity index (χ0n) is 15.2. The molecule has 1 aliphatic carbocycles. The second kappa shape index (κ2) is 8.53. The molecule has 0 radical (unpaired) electrons. The average molecular weight is 354 g/mol. The van der Waals surface area contributed by atoms with Crippen molar-refractivity contribution in [3.8, 4) is 0 Å².